The van der Waals surface area contributed by atoms with Gasteiger partial charge in [-0.25, -0.2) is 0 Å². The average molecular weight is 125 g/mol. The molecule has 0 saturated heterocycles. The van der Waals surface area contributed by atoms with E-state index in [1.54, 1.807) is 19.5 Å². The zero-order valence-corrected chi connectivity index (χ0v) is 5.79. The molecule has 9 heavy (non-hydrogen) atoms. The molecule has 2 nitrogen and oxygen atoms in total. The van der Waals surface area contributed by atoms with Crippen molar-refractivity contribution in [1.29, 1.82) is 0 Å². The van der Waals surface area contributed by atoms with E-state index in [9.17, 15) is 0 Å². The van der Waals surface area contributed by atoms with Crippen LogP contribution in [-0.4, -0.2) is 13.3 Å². The lowest BCUT2D eigenvalue weighted by molar-refractivity contribution is 0.319. The maximum absolute atomic E-state index is 4.72. The smallest absolute Gasteiger partial charge is 0.129 e. The highest BCUT2D eigenvalue weighted by atomic mass is 16.5. The third-order valence-corrected chi connectivity index (χ3v) is 0.716. The number of hydrogen-bond donors (Lipinski definition) is 0. The lowest BCUT2D eigenvalue weighted by Crippen LogP contribution is -1.82. The molecule has 0 rings (SSSR count). The number of rotatable bonds is 3. The Morgan fingerprint density at radius 3 is 2.78 bits per heavy atom. The highest BCUT2D eigenvalue weighted by molar-refractivity contribution is 5.75. The summed E-state index contributed by atoms with van der Waals surface area (Å²) >= 11 is 0. The number of methoxy groups -OCH3 is 1. The van der Waals surface area contributed by atoms with Crippen LogP contribution in [0.4, 0.5) is 0 Å². The number of nitrogens with zero attached hydrogens (tertiary/aromatic N) is 1. The molecular weight excluding hydrogens is 114 g/mol. The van der Waals surface area contributed by atoms with Crippen LogP contribution >= 0.6 is 0 Å². The van der Waals surface area contributed by atoms with Crippen molar-refractivity contribution in [3.63, 3.8) is 0 Å². The maximum atomic E-state index is 4.72. The molecule has 0 bridgehead atoms. The Hall–Kier alpha value is -1.05. The molecule has 0 N–H and O–H groups in total. The lowest BCUT2D eigenvalue weighted by Gasteiger charge is -1.91. The first-order valence-electron chi connectivity index (χ1n) is 2.68. The summed E-state index contributed by atoms with van der Waals surface area (Å²) in [6.45, 7) is 5.44. The van der Waals surface area contributed by atoms with Crippen LogP contribution in [0.1, 0.15) is 6.92 Å². The van der Waals surface area contributed by atoms with Gasteiger partial charge in [0, 0.05) is 6.20 Å². The van der Waals surface area contributed by atoms with Gasteiger partial charge >= 0.3 is 0 Å². The van der Waals surface area contributed by atoms with E-state index in [0.717, 1.165) is 0 Å². The molecule has 0 aromatic heterocycles. The van der Waals surface area contributed by atoms with Crippen molar-refractivity contribution in [2.75, 3.05) is 7.11 Å². The van der Waals surface area contributed by atoms with Gasteiger partial charge in [0.2, 0.25) is 0 Å². The van der Waals surface area contributed by atoms with Gasteiger partial charge in [0.15, 0.2) is 0 Å². The first-order chi connectivity index (χ1) is 4.31. The van der Waals surface area contributed by atoms with Crippen LogP contribution in [0.5, 0.6) is 0 Å². The molecule has 0 aromatic rings. The molecule has 0 atom stereocenters. The minimum absolute atomic E-state index is 0.563. The zero-order valence-electron chi connectivity index (χ0n) is 5.79. The van der Waals surface area contributed by atoms with Gasteiger partial charge < -0.3 is 4.74 Å². The number of ether oxygens (including phenoxy) is 1. The Bertz CT molecular complexity index is 136. The highest BCUT2D eigenvalue weighted by Gasteiger charge is 1.77. The fraction of sp³-hybridized carbons (Fsp3) is 0.286. The molecule has 0 heterocycles. The Kier molecular flexibility index (Phi) is 4.50. The molecule has 0 saturated carbocycles. The van der Waals surface area contributed by atoms with E-state index in [2.05, 4.69) is 11.6 Å². The molecule has 0 unspecified atom stereocenters. The molecule has 0 spiro atoms. The summed E-state index contributed by atoms with van der Waals surface area (Å²) in [6.07, 6.45) is 5.06. The second kappa shape index (κ2) is 5.09. The van der Waals surface area contributed by atoms with Crippen LogP contribution in [0.25, 0.3) is 0 Å². The van der Waals surface area contributed by atoms with Crippen molar-refractivity contribution in [2.45, 2.75) is 6.92 Å². The second-order valence-electron chi connectivity index (χ2n) is 1.43. The molecule has 0 aliphatic carbocycles. The summed E-state index contributed by atoms with van der Waals surface area (Å²) in [5.74, 6) is 0.563. The van der Waals surface area contributed by atoms with E-state index in [4.69, 9.17) is 4.74 Å². The van der Waals surface area contributed by atoms with E-state index >= 15 is 0 Å². The molecule has 0 aliphatic heterocycles. The second-order valence-corrected chi connectivity index (χ2v) is 1.43. The molecule has 0 aromatic carbocycles. The molecule has 0 aliphatic rings. The summed E-state index contributed by atoms with van der Waals surface area (Å²) < 4.78 is 4.72. The van der Waals surface area contributed by atoms with Gasteiger partial charge in [-0.15, -0.1) is 0 Å². The fourth-order valence-electron chi connectivity index (χ4n) is 0.265. The van der Waals surface area contributed by atoms with Crippen LogP contribution in [0.3, 0.4) is 0 Å². The summed E-state index contributed by atoms with van der Waals surface area (Å²) in [4.78, 5) is 3.83. The van der Waals surface area contributed by atoms with Crippen molar-refractivity contribution in [1.82, 2.24) is 0 Å². The Morgan fingerprint density at radius 2 is 2.33 bits per heavy atom. The summed E-state index contributed by atoms with van der Waals surface area (Å²) in [5, 5.41) is 0. The number of allylic oxidation sites excluding steroid dienone is 2. The Morgan fingerprint density at radius 1 is 1.67 bits per heavy atom. The minimum atomic E-state index is 0.563. The van der Waals surface area contributed by atoms with Gasteiger partial charge in [0.25, 0.3) is 0 Å². The first-order valence-corrected chi connectivity index (χ1v) is 2.68. The normalized spacial score (nSPS) is 10.9. The van der Waals surface area contributed by atoms with E-state index in [0.29, 0.717) is 5.76 Å². The predicted octanol–water partition coefficient (Wildman–Crippen LogP) is 1.75. The average Bonchev–Trinajstić information content (AvgIpc) is 1.89. The monoisotopic (exact) mass is 125 g/mol. The van der Waals surface area contributed by atoms with Gasteiger partial charge in [-0.2, -0.15) is 0 Å². The van der Waals surface area contributed by atoms with Crippen LogP contribution in [-0.2, 0) is 4.74 Å². The van der Waals surface area contributed by atoms with Gasteiger partial charge in [-0.1, -0.05) is 12.7 Å². The minimum Gasteiger partial charge on any atom is -0.496 e. The van der Waals surface area contributed by atoms with Crippen LogP contribution in [0.15, 0.2) is 29.6 Å². The molecule has 0 amide bonds. The SMILES string of the molecule is C=C(/C=N\C=C/C)OC. The summed E-state index contributed by atoms with van der Waals surface area (Å²) in [6, 6.07) is 0. The topological polar surface area (TPSA) is 21.6 Å². The third-order valence-electron chi connectivity index (χ3n) is 0.716. The van der Waals surface area contributed by atoms with Crippen molar-refractivity contribution in [2.24, 2.45) is 4.99 Å². The first kappa shape index (κ1) is 7.95. The van der Waals surface area contributed by atoms with Gasteiger partial charge in [-0.3, -0.25) is 4.99 Å². The highest BCUT2D eigenvalue weighted by Crippen LogP contribution is 1.83. The predicted molar refractivity (Wildman–Crippen MR) is 39.5 cm³/mol. The molecule has 50 valence electrons. The largest absolute Gasteiger partial charge is 0.496 e. The molecule has 0 radical (unpaired) electrons. The lowest BCUT2D eigenvalue weighted by atomic mass is 10.6. The van der Waals surface area contributed by atoms with Gasteiger partial charge in [-0.05, 0) is 6.92 Å². The van der Waals surface area contributed by atoms with E-state index in [1.807, 2.05) is 13.0 Å². The van der Waals surface area contributed by atoms with Crippen LogP contribution in [0, 0.1) is 0 Å². The summed E-state index contributed by atoms with van der Waals surface area (Å²) in [5.41, 5.74) is 0. The van der Waals surface area contributed by atoms with E-state index < -0.39 is 0 Å². The van der Waals surface area contributed by atoms with Crippen LogP contribution < -0.4 is 0 Å². The summed E-state index contributed by atoms with van der Waals surface area (Å²) in [7, 11) is 1.56. The Balaban J connectivity index is 3.57. The van der Waals surface area contributed by atoms with Crippen molar-refractivity contribution in [3.05, 3.63) is 24.6 Å². The van der Waals surface area contributed by atoms with Gasteiger partial charge in [0.05, 0.1) is 13.3 Å². The third kappa shape index (κ3) is 4.81. The zero-order chi connectivity index (χ0) is 7.11. The fourth-order valence-corrected chi connectivity index (χ4v) is 0.265. The van der Waals surface area contributed by atoms with E-state index in [-0.39, 0.29) is 0 Å². The molecular formula is C7H11NO. The number of hydrogen-bond acceptors (Lipinski definition) is 2. The Labute approximate surface area is 55.6 Å². The van der Waals surface area contributed by atoms with Crippen molar-refractivity contribution >= 4 is 6.21 Å². The van der Waals surface area contributed by atoms with Gasteiger partial charge in [0.1, 0.15) is 5.76 Å². The van der Waals surface area contributed by atoms with Crippen LogP contribution in [0.2, 0.25) is 0 Å². The van der Waals surface area contributed by atoms with Crippen molar-refractivity contribution < 1.29 is 4.74 Å². The number of aliphatic imine (C=N–C) groups is 1. The quantitative estimate of drug-likeness (QED) is 0.416. The maximum Gasteiger partial charge on any atom is 0.129 e. The molecule has 2 heteroatoms. The molecule has 0 fully saturated rings. The van der Waals surface area contributed by atoms with E-state index in [1.165, 1.54) is 0 Å². The standard InChI is InChI=1S/C7H11NO/c1-4-5-8-6-7(2)9-3/h4-6H,2H2,1,3H3/b5-4-,8-6-. The van der Waals surface area contributed by atoms with Crippen molar-refractivity contribution in [3.8, 4) is 0 Å².